The molecule has 0 amide bonds. The molecular formula is C14H26N4O. The Morgan fingerprint density at radius 3 is 2.53 bits per heavy atom. The number of aryl methyl sites for hydroxylation is 1. The third kappa shape index (κ3) is 5.03. The highest BCUT2D eigenvalue weighted by atomic mass is 16.5. The monoisotopic (exact) mass is 266 g/mol. The maximum absolute atomic E-state index is 6.25. The Kier molecular flexibility index (Phi) is 6.02. The fourth-order valence-corrected chi connectivity index (χ4v) is 1.65. The minimum atomic E-state index is -0.211. The lowest BCUT2D eigenvalue weighted by Crippen LogP contribution is -2.45. The van der Waals surface area contributed by atoms with Gasteiger partial charge in [-0.05, 0) is 26.2 Å². The summed E-state index contributed by atoms with van der Waals surface area (Å²) in [6.45, 7) is 9.52. The SMILES string of the molecule is CCCOc1cc(C)nc(NCC(N)(CC)CC)n1. The average molecular weight is 266 g/mol. The average Bonchev–Trinajstić information content (AvgIpc) is 2.42. The van der Waals surface area contributed by atoms with Crippen LogP contribution in [0.2, 0.25) is 0 Å². The molecule has 0 aromatic carbocycles. The first-order chi connectivity index (χ1) is 9.03. The number of aromatic nitrogens is 2. The van der Waals surface area contributed by atoms with Gasteiger partial charge in [-0.15, -0.1) is 0 Å². The van der Waals surface area contributed by atoms with Crippen molar-refractivity contribution in [3.05, 3.63) is 11.8 Å². The van der Waals surface area contributed by atoms with Gasteiger partial charge in [0.2, 0.25) is 11.8 Å². The van der Waals surface area contributed by atoms with E-state index in [2.05, 4.69) is 36.1 Å². The summed E-state index contributed by atoms with van der Waals surface area (Å²) >= 11 is 0. The van der Waals surface area contributed by atoms with Gasteiger partial charge in [-0.25, -0.2) is 4.98 Å². The summed E-state index contributed by atoms with van der Waals surface area (Å²) in [5.41, 5.74) is 6.93. The minimum absolute atomic E-state index is 0.211. The van der Waals surface area contributed by atoms with Crippen molar-refractivity contribution >= 4 is 5.95 Å². The van der Waals surface area contributed by atoms with E-state index in [-0.39, 0.29) is 5.54 Å². The van der Waals surface area contributed by atoms with E-state index >= 15 is 0 Å². The number of nitrogens with two attached hydrogens (primary N) is 1. The summed E-state index contributed by atoms with van der Waals surface area (Å²) < 4.78 is 5.54. The number of hydrogen-bond acceptors (Lipinski definition) is 5. The summed E-state index contributed by atoms with van der Waals surface area (Å²) in [6.07, 6.45) is 2.80. The van der Waals surface area contributed by atoms with Gasteiger partial charge in [-0.3, -0.25) is 0 Å². The van der Waals surface area contributed by atoms with Gasteiger partial charge in [0.05, 0.1) is 6.61 Å². The Balaban J connectivity index is 2.70. The van der Waals surface area contributed by atoms with E-state index in [0.717, 1.165) is 25.0 Å². The molecule has 0 radical (unpaired) electrons. The summed E-state index contributed by atoms with van der Waals surface area (Å²) in [5, 5.41) is 3.22. The molecular weight excluding hydrogens is 240 g/mol. The zero-order valence-electron chi connectivity index (χ0n) is 12.5. The summed E-state index contributed by atoms with van der Waals surface area (Å²) in [4.78, 5) is 8.70. The molecule has 19 heavy (non-hydrogen) atoms. The second kappa shape index (κ2) is 7.28. The van der Waals surface area contributed by atoms with Crippen LogP contribution in [-0.4, -0.2) is 28.7 Å². The predicted octanol–water partition coefficient (Wildman–Crippen LogP) is 2.50. The van der Waals surface area contributed by atoms with Gasteiger partial charge in [0.1, 0.15) is 0 Å². The molecule has 0 aliphatic rings. The van der Waals surface area contributed by atoms with Crippen LogP contribution in [0.4, 0.5) is 5.95 Å². The van der Waals surface area contributed by atoms with E-state index < -0.39 is 0 Å². The fraction of sp³-hybridized carbons (Fsp3) is 0.714. The van der Waals surface area contributed by atoms with Crippen LogP contribution in [0.1, 0.15) is 45.7 Å². The lowest BCUT2D eigenvalue weighted by Gasteiger charge is -2.26. The molecule has 0 saturated carbocycles. The zero-order valence-corrected chi connectivity index (χ0v) is 12.5. The molecule has 0 atom stereocenters. The Labute approximate surface area is 116 Å². The third-order valence-electron chi connectivity index (χ3n) is 3.29. The van der Waals surface area contributed by atoms with Gasteiger partial charge in [0, 0.05) is 23.8 Å². The largest absolute Gasteiger partial charge is 0.478 e. The van der Waals surface area contributed by atoms with E-state index in [1.54, 1.807) is 0 Å². The van der Waals surface area contributed by atoms with Crippen molar-refractivity contribution in [3.8, 4) is 5.88 Å². The standard InChI is InChI=1S/C14H26N4O/c1-5-8-19-12-9-11(4)17-13(18-12)16-10-14(15,6-2)7-3/h9H,5-8,10,15H2,1-4H3,(H,16,17,18). The Hall–Kier alpha value is -1.36. The molecule has 0 bridgehead atoms. The third-order valence-corrected chi connectivity index (χ3v) is 3.29. The number of hydrogen-bond donors (Lipinski definition) is 2. The molecule has 0 spiro atoms. The Morgan fingerprint density at radius 2 is 1.95 bits per heavy atom. The Bertz CT molecular complexity index is 391. The molecule has 1 aromatic rings. The van der Waals surface area contributed by atoms with Crippen molar-refractivity contribution in [1.82, 2.24) is 9.97 Å². The first-order valence-corrected chi connectivity index (χ1v) is 7.04. The molecule has 1 aromatic heterocycles. The van der Waals surface area contributed by atoms with Crippen molar-refractivity contribution in [2.24, 2.45) is 5.73 Å². The molecule has 1 heterocycles. The van der Waals surface area contributed by atoms with E-state index in [9.17, 15) is 0 Å². The summed E-state index contributed by atoms with van der Waals surface area (Å²) in [7, 11) is 0. The van der Waals surface area contributed by atoms with Crippen LogP contribution in [0.3, 0.4) is 0 Å². The smallest absolute Gasteiger partial charge is 0.226 e. The van der Waals surface area contributed by atoms with Crippen LogP contribution in [0, 0.1) is 6.92 Å². The van der Waals surface area contributed by atoms with Gasteiger partial charge < -0.3 is 15.8 Å². The second-order valence-corrected chi connectivity index (χ2v) is 4.94. The van der Waals surface area contributed by atoms with Crippen LogP contribution in [0.15, 0.2) is 6.07 Å². The van der Waals surface area contributed by atoms with Crippen molar-refractivity contribution in [1.29, 1.82) is 0 Å². The maximum Gasteiger partial charge on any atom is 0.226 e. The lowest BCUT2D eigenvalue weighted by atomic mass is 9.94. The van der Waals surface area contributed by atoms with Crippen molar-refractivity contribution in [2.75, 3.05) is 18.5 Å². The number of anilines is 1. The van der Waals surface area contributed by atoms with Crippen LogP contribution < -0.4 is 15.8 Å². The Morgan fingerprint density at radius 1 is 1.26 bits per heavy atom. The lowest BCUT2D eigenvalue weighted by molar-refractivity contribution is 0.304. The molecule has 108 valence electrons. The molecule has 0 unspecified atom stereocenters. The van der Waals surface area contributed by atoms with Gasteiger partial charge >= 0.3 is 0 Å². The van der Waals surface area contributed by atoms with Crippen LogP contribution in [-0.2, 0) is 0 Å². The number of nitrogens with zero attached hydrogens (tertiary/aromatic N) is 2. The molecule has 0 saturated heterocycles. The molecule has 5 heteroatoms. The number of nitrogens with one attached hydrogen (secondary N) is 1. The molecule has 5 nitrogen and oxygen atoms in total. The van der Waals surface area contributed by atoms with Crippen molar-refractivity contribution in [3.63, 3.8) is 0 Å². The highest BCUT2D eigenvalue weighted by Gasteiger charge is 2.20. The number of ether oxygens (including phenoxy) is 1. The van der Waals surface area contributed by atoms with E-state index in [4.69, 9.17) is 10.5 Å². The first kappa shape index (κ1) is 15.7. The van der Waals surface area contributed by atoms with Gasteiger partial charge in [-0.1, -0.05) is 20.8 Å². The van der Waals surface area contributed by atoms with E-state index in [1.807, 2.05) is 13.0 Å². The topological polar surface area (TPSA) is 73.1 Å². The van der Waals surface area contributed by atoms with Gasteiger partial charge in [0.25, 0.3) is 0 Å². The molecule has 1 rings (SSSR count). The van der Waals surface area contributed by atoms with Gasteiger partial charge in [0.15, 0.2) is 0 Å². The zero-order chi connectivity index (χ0) is 14.3. The van der Waals surface area contributed by atoms with E-state index in [1.165, 1.54) is 0 Å². The fourth-order valence-electron chi connectivity index (χ4n) is 1.65. The predicted molar refractivity (Wildman–Crippen MR) is 78.5 cm³/mol. The summed E-state index contributed by atoms with van der Waals surface area (Å²) in [5.74, 6) is 1.20. The molecule has 0 aliphatic carbocycles. The molecule has 3 N–H and O–H groups in total. The highest BCUT2D eigenvalue weighted by Crippen LogP contribution is 2.15. The first-order valence-electron chi connectivity index (χ1n) is 7.04. The molecule has 0 fully saturated rings. The molecule has 0 aliphatic heterocycles. The van der Waals surface area contributed by atoms with Crippen molar-refractivity contribution in [2.45, 2.75) is 52.5 Å². The second-order valence-electron chi connectivity index (χ2n) is 4.94. The number of rotatable bonds is 8. The quantitative estimate of drug-likeness (QED) is 0.756. The summed E-state index contributed by atoms with van der Waals surface area (Å²) in [6, 6.07) is 1.84. The normalized spacial score (nSPS) is 11.4. The van der Waals surface area contributed by atoms with E-state index in [0.29, 0.717) is 25.0 Å². The van der Waals surface area contributed by atoms with Crippen LogP contribution in [0.25, 0.3) is 0 Å². The minimum Gasteiger partial charge on any atom is -0.478 e. The van der Waals surface area contributed by atoms with Gasteiger partial charge in [-0.2, -0.15) is 4.98 Å². The van der Waals surface area contributed by atoms with Crippen LogP contribution >= 0.6 is 0 Å². The van der Waals surface area contributed by atoms with Crippen LogP contribution in [0.5, 0.6) is 5.88 Å². The highest BCUT2D eigenvalue weighted by molar-refractivity contribution is 5.31. The van der Waals surface area contributed by atoms with Crippen molar-refractivity contribution < 1.29 is 4.74 Å². The maximum atomic E-state index is 6.25.